The minimum absolute atomic E-state index is 0.213. The topological polar surface area (TPSA) is 70.3 Å². The smallest absolute Gasteiger partial charge is 0.191 e. The van der Waals surface area contributed by atoms with Crippen molar-refractivity contribution in [1.82, 2.24) is 9.97 Å². The molecule has 0 radical (unpaired) electrons. The maximum absolute atomic E-state index is 6.59. The lowest BCUT2D eigenvalue weighted by Crippen LogP contribution is -2.41. The molecule has 0 bridgehead atoms. The highest BCUT2D eigenvalue weighted by Crippen LogP contribution is 2.37. The van der Waals surface area contributed by atoms with Gasteiger partial charge in [0.1, 0.15) is 0 Å². The average molecular weight is 502 g/mol. The van der Waals surface area contributed by atoms with Crippen LogP contribution in [-0.4, -0.2) is 39.8 Å². The molecule has 0 atom stereocenters. The van der Waals surface area contributed by atoms with E-state index in [2.05, 4.69) is 89.8 Å². The van der Waals surface area contributed by atoms with Gasteiger partial charge in [-0.1, -0.05) is 41.5 Å². The van der Waals surface area contributed by atoms with Crippen molar-refractivity contribution in [3.63, 3.8) is 0 Å². The van der Waals surface area contributed by atoms with Gasteiger partial charge in [0.2, 0.25) is 0 Å². The van der Waals surface area contributed by atoms with Gasteiger partial charge in [-0.15, -0.1) is 0 Å². The van der Waals surface area contributed by atoms with Gasteiger partial charge in [-0.05, 0) is 84.5 Å². The minimum atomic E-state index is -1.74. The third kappa shape index (κ3) is 7.81. The number of hydrogen-bond acceptors (Lipinski definition) is 5. The van der Waals surface area contributed by atoms with Crippen LogP contribution in [-0.2, 0) is 21.7 Å². The van der Waals surface area contributed by atoms with Crippen LogP contribution in [0.1, 0.15) is 70.1 Å². The first-order chi connectivity index (χ1) is 15.5. The molecule has 2 rings (SSSR count). The van der Waals surface area contributed by atoms with Crippen LogP contribution < -0.4 is 5.73 Å². The quantitative estimate of drug-likeness (QED) is 0.369. The van der Waals surface area contributed by atoms with Crippen LogP contribution >= 0.6 is 0 Å². The van der Waals surface area contributed by atoms with E-state index in [0.717, 1.165) is 37.4 Å². The van der Waals surface area contributed by atoms with Gasteiger partial charge in [0.15, 0.2) is 16.6 Å². The first kappa shape index (κ1) is 28.8. The van der Waals surface area contributed by atoms with Crippen molar-refractivity contribution in [3.8, 4) is 0 Å². The lowest BCUT2D eigenvalue weighted by atomic mass is 10.0. The van der Waals surface area contributed by atoms with Gasteiger partial charge < -0.3 is 14.6 Å². The number of hydrogen-bond donors (Lipinski definition) is 1. The molecule has 2 heterocycles. The highest BCUT2D eigenvalue weighted by Gasteiger charge is 2.37. The Labute approximate surface area is 210 Å². The predicted molar refractivity (Wildman–Crippen MR) is 148 cm³/mol. The summed E-state index contributed by atoms with van der Waals surface area (Å²) >= 11 is 0. The van der Waals surface area contributed by atoms with E-state index in [0.29, 0.717) is 0 Å². The summed E-state index contributed by atoms with van der Waals surface area (Å²) in [5.74, 6) is 0. The first-order valence-corrected chi connectivity index (χ1v) is 18.3. The third-order valence-electron chi connectivity index (χ3n) is 7.65. The fourth-order valence-corrected chi connectivity index (χ4v) is 5.16. The molecule has 0 spiro atoms. The Morgan fingerprint density at radius 2 is 1.09 bits per heavy atom. The molecular formula is C27H47N3O2Si2. The largest absolute Gasteiger partial charge is 0.416 e. The molecule has 0 aromatic carbocycles. The lowest BCUT2D eigenvalue weighted by Gasteiger charge is -2.36. The van der Waals surface area contributed by atoms with Crippen LogP contribution in [0, 0.1) is 0 Å². The molecule has 2 aromatic rings. The van der Waals surface area contributed by atoms with Gasteiger partial charge >= 0.3 is 0 Å². The zero-order chi connectivity index (χ0) is 25.8. The summed E-state index contributed by atoms with van der Waals surface area (Å²) in [6.45, 7) is 24.2. The van der Waals surface area contributed by atoms with Gasteiger partial charge in [-0.25, -0.2) is 0 Å². The SMILES string of the molecule is CC(C)(C)[Si](C)(C)OCCc1ccnc(C(N)c2cc(CCO[Si](C)(C)C(C)(C)C)ccn2)c1. The number of rotatable bonds is 10. The minimum Gasteiger partial charge on any atom is -0.416 e. The molecule has 0 saturated carbocycles. The van der Waals surface area contributed by atoms with E-state index in [4.69, 9.17) is 14.6 Å². The van der Waals surface area contributed by atoms with Gasteiger partial charge in [0.25, 0.3) is 0 Å². The van der Waals surface area contributed by atoms with E-state index in [1.165, 1.54) is 11.1 Å². The van der Waals surface area contributed by atoms with Crippen molar-refractivity contribution in [2.75, 3.05) is 13.2 Å². The Morgan fingerprint density at radius 1 is 0.735 bits per heavy atom. The third-order valence-corrected chi connectivity index (χ3v) is 16.7. The maximum atomic E-state index is 6.59. The molecule has 0 fully saturated rings. The van der Waals surface area contributed by atoms with E-state index in [1.54, 1.807) is 0 Å². The highest BCUT2D eigenvalue weighted by atomic mass is 28.4. The molecule has 7 heteroatoms. The molecule has 34 heavy (non-hydrogen) atoms. The standard InChI is InChI=1S/C27H47N3O2Si2/c1-26(2,3)33(7,8)31-17-13-21-11-15-29-23(19-21)25(28)24-20-22(12-16-30-24)14-18-32-34(9,10)27(4,5)6/h11-12,15-16,19-20,25H,13-14,17-18,28H2,1-10H3. The zero-order valence-corrected chi connectivity index (χ0v) is 25.2. The maximum Gasteiger partial charge on any atom is 0.191 e. The highest BCUT2D eigenvalue weighted by molar-refractivity contribution is 6.74. The Kier molecular flexibility index (Phi) is 9.44. The summed E-state index contributed by atoms with van der Waals surface area (Å²) < 4.78 is 12.7. The van der Waals surface area contributed by atoms with Crippen molar-refractivity contribution < 1.29 is 8.85 Å². The van der Waals surface area contributed by atoms with Crippen molar-refractivity contribution in [2.24, 2.45) is 5.73 Å². The summed E-state index contributed by atoms with van der Waals surface area (Å²) in [7, 11) is -3.49. The Balaban J connectivity index is 2.01. The molecule has 0 aliphatic heterocycles. The van der Waals surface area contributed by atoms with Crippen LogP contribution in [0.25, 0.3) is 0 Å². The summed E-state index contributed by atoms with van der Waals surface area (Å²) in [6.07, 6.45) is 5.39. The van der Waals surface area contributed by atoms with Crippen molar-refractivity contribution in [1.29, 1.82) is 0 Å². The van der Waals surface area contributed by atoms with Gasteiger partial charge in [-0.3, -0.25) is 9.97 Å². The molecule has 2 N–H and O–H groups in total. The van der Waals surface area contributed by atoms with E-state index in [1.807, 2.05) is 24.5 Å². The number of aromatic nitrogens is 2. The molecule has 0 aliphatic carbocycles. The van der Waals surface area contributed by atoms with Crippen molar-refractivity contribution in [2.45, 2.75) is 96.7 Å². The van der Waals surface area contributed by atoms with Crippen molar-refractivity contribution >= 4 is 16.6 Å². The van der Waals surface area contributed by atoms with Crippen LogP contribution in [0.3, 0.4) is 0 Å². The van der Waals surface area contributed by atoms with E-state index in [-0.39, 0.29) is 16.1 Å². The normalized spacial score (nSPS) is 13.5. The Bertz CT molecular complexity index is 858. The Morgan fingerprint density at radius 3 is 1.41 bits per heavy atom. The molecule has 5 nitrogen and oxygen atoms in total. The van der Waals surface area contributed by atoms with E-state index in [9.17, 15) is 0 Å². The average Bonchev–Trinajstić information content (AvgIpc) is 2.72. The monoisotopic (exact) mass is 501 g/mol. The van der Waals surface area contributed by atoms with Crippen LogP contribution in [0.2, 0.25) is 36.3 Å². The molecule has 0 saturated heterocycles. The van der Waals surface area contributed by atoms with Crippen LogP contribution in [0.5, 0.6) is 0 Å². The number of pyridine rings is 2. The number of nitrogens with two attached hydrogens (primary N) is 1. The van der Waals surface area contributed by atoms with Gasteiger partial charge in [0, 0.05) is 25.6 Å². The zero-order valence-electron chi connectivity index (χ0n) is 23.2. The van der Waals surface area contributed by atoms with E-state index < -0.39 is 16.6 Å². The number of nitrogens with zero attached hydrogens (tertiary/aromatic N) is 2. The van der Waals surface area contributed by atoms with Gasteiger partial charge in [-0.2, -0.15) is 0 Å². The second kappa shape index (κ2) is 11.1. The fraction of sp³-hybridized carbons (Fsp3) is 0.630. The van der Waals surface area contributed by atoms with Crippen LogP contribution in [0.4, 0.5) is 0 Å². The fourth-order valence-electron chi connectivity index (χ4n) is 3.07. The molecule has 2 aromatic heterocycles. The summed E-state index contributed by atoms with van der Waals surface area (Å²) in [5.41, 5.74) is 10.7. The van der Waals surface area contributed by atoms with Gasteiger partial charge in [0.05, 0.1) is 17.4 Å². The molecule has 190 valence electrons. The van der Waals surface area contributed by atoms with E-state index >= 15 is 0 Å². The lowest BCUT2D eigenvalue weighted by molar-refractivity contribution is 0.291. The molecular weight excluding hydrogens is 454 g/mol. The molecule has 0 amide bonds. The summed E-state index contributed by atoms with van der Waals surface area (Å²) in [6, 6.07) is 7.92. The summed E-state index contributed by atoms with van der Waals surface area (Å²) in [4.78, 5) is 9.09. The second-order valence-corrected chi connectivity index (χ2v) is 22.0. The first-order valence-electron chi connectivity index (χ1n) is 12.5. The second-order valence-electron chi connectivity index (χ2n) is 12.4. The van der Waals surface area contributed by atoms with Crippen molar-refractivity contribution in [3.05, 3.63) is 59.2 Å². The summed E-state index contributed by atoms with van der Waals surface area (Å²) in [5, 5.41) is 0.427. The molecule has 0 aliphatic rings. The Hall–Kier alpha value is -1.39. The van der Waals surface area contributed by atoms with Crippen LogP contribution in [0.15, 0.2) is 36.7 Å². The molecule has 0 unspecified atom stereocenters. The predicted octanol–water partition coefficient (Wildman–Crippen LogP) is 6.65.